The Balaban J connectivity index is 1.79. The number of hydrogen-bond donors (Lipinski definition) is 1. The van der Waals surface area contributed by atoms with Gasteiger partial charge < -0.3 is 4.90 Å². The first-order chi connectivity index (χ1) is 9.47. The molecule has 0 amide bonds. The maximum absolute atomic E-state index is 11.5. The van der Waals surface area contributed by atoms with Gasteiger partial charge in [-0.1, -0.05) is 30.3 Å². The highest BCUT2D eigenvalue weighted by atomic mass is 32.2. The smallest absolute Gasteiger partial charge is 0.211 e. The number of rotatable bonds is 5. The molecule has 0 aliphatic carbocycles. The molecular weight excluding hydrogens is 272 g/mol. The monoisotopic (exact) mass is 297 g/mol. The fourth-order valence-electron chi connectivity index (χ4n) is 2.83. The summed E-state index contributed by atoms with van der Waals surface area (Å²) in [5.41, 5.74) is 1.38. The van der Waals surface area contributed by atoms with Gasteiger partial charge in [0.05, 0.1) is 38.5 Å². The van der Waals surface area contributed by atoms with E-state index in [1.165, 1.54) is 16.7 Å². The van der Waals surface area contributed by atoms with Crippen LogP contribution in [0.4, 0.5) is 0 Å². The van der Waals surface area contributed by atoms with E-state index in [0.29, 0.717) is 19.1 Å². The second-order valence-electron chi connectivity index (χ2n) is 5.75. The van der Waals surface area contributed by atoms with Crippen molar-refractivity contribution in [2.24, 2.45) is 0 Å². The van der Waals surface area contributed by atoms with Gasteiger partial charge in [-0.3, -0.25) is 0 Å². The molecule has 112 valence electrons. The summed E-state index contributed by atoms with van der Waals surface area (Å²) in [6.45, 7) is 5.42. The molecule has 1 N–H and O–H groups in total. The summed E-state index contributed by atoms with van der Waals surface area (Å²) in [5.74, 6) is 0. The average Bonchev–Trinajstić information content (AvgIpc) is 2.45. The molecule has 1 heterocycles. The Morgan fingerprint density at radius 2 is 1.80 bits per heavy atom. The van der Waals surface area contributed by atoms with Crippen LogP contribution in [0.1, 0.15) is 18.9 Å². The molecule has 1 saturated heterocycles. The lowest BCUT2D eigenvalue weighted by Crippen LogP contribution is -3.18. The van der Waals surface area contributed by atoms with Crippen LogP contribution in [0, 0.1) is 0 Å². The first-order valence-electron chi connectivity index (χ1n) is 7.30. The van der Waals surface area contributed by atoms with Crippen LogP contribution in [0.15, 0.2) is 30.3 Å². The molecule has 1 aromatic carbocycles. The normalized spacial score (nSPS) is 19.9. The summed E-state index contributed by atoms with van der Waals surface area (Å²) in [7, 11) is -3.01. The van der Waals surface area contributed by atoms with E-state index in [0.717, 1.165) is 25.9 Å². The molecule has 0 aromatic heterocycles. The van der Waals surface area contributed by atoms with Gasteiger partial charge >= 0.3 is 0 Å². The third-order valence-corrected chi connectivity index (χ3v) is 5.54. The van der Waals surface area contributed by atoms with E-state index in [-0.39, 0.29) is 0 Å². The van der Waals surface area contributed by atoms with Crippen molar-refractivity contribution in [2.75, 3.05) is 32.4 Å². The Kier molecular flexibility index (Phi) is 5.18. The van der Waals surface area contributed by atoms with Crippen LogP contribution in [-0.4, -0.2) is 51.2 Å². The van der Waals surface area contributed by atoms with Crippen molar-refractivity contribution in [1.29, 1.82) is 0 Å². The van der Waals surface area contributed by atoms with Crippen molar-refractivity contribution in [3.63, 3.8) is 0 Å². The van der Waals surface area contributed by atoms with Crippen molar-refractivity contribution in [3.8, 4) is 0 Å². The molecule has 0 bridgehead atoms. The zero-order valence-corrected chi connectivity index (χ0v) is 13.2. The Morgan fingerprint density at radius 3 is 2.35 bits per heavy atom. The summed E-state index contributed by atoms with van der Waals surface area (Å²) in [5, 5.41) is 0. The molecule has 20 heavy (non-hydrogen) atoms. The first-order valence-corrected chi connectivity index (χ1v) is 9.15. The van der Waals surface area contributed by atoms with Crippen LogP contribution in [0.25, 0.3) is 0 Å². The van der Waals surface area contributed by atoms with Gasteiger partial charge in [0, 0.05) is 6.42 Å². The van der Waals surface area contributed by atoms with E-state index in [2.05, 4.69) is 31.2 Å². The maximum Gasteiger partial charge on any atom is 0.211 e. The minimum absolute atomic E-state index is 0.580. The van der Waals surface area contributed by atoms with Gasteiger partial charge in [-0.25, -0.2) is 8.42 Å². The summed E-state index contributed by atoms with van der Waals surface area (Å²) in [4.78, 5) is 1.53. The lowest BCUT2D eigenvalue weighted by Gasteiger charge is -2.34. The molecule has 0 radical (unpaired) electrons. The van der Waals surface area contributed by atoms with Gasteiger partial charge in [-0.05, 0) is 18.9 Å². The molecule has 1 aliphatic heterocycles. The molecule has 1 fully saturated rings. The van der Waals surface area contributed by atoms with Crippen molar-refractivity contribution >= 4 is 10.0 Å². The van der Waals surface area contributed by atoms with Gasteiger partial charge in [-0.15, -0.1) is 0 Å². The van der Waals surface area contributed by atoms with E-state index in [4.69, 9.17) is 0 Å². The number of benzene rings is 1. The molecule has 4 nitrogen and oxygen atoms in total. The number of sulfonamides is 1. The van der Waals surface area contributed by atoms with Crippen LogP contribution in [0.5, 0.6) is 0 Å². The second-order valence-corrected chi connectivity index (χ2v) is 7.73. The van der Waals surface area contributed by atoms with Crippen LogP contribution in [-0.2, 0) is 16.4 Å². The number of nitrogens with zero attached hydrogens (tertiary/aromatic N) is 1. The minimum atomic E-state index is -3.01. The molecule has 5 heteroatoms. The summed E-state index contributed by atoms with van der Waals surface area (Å²) in [6.07, 6.45) is 3.55. The average molecular weight is 297 g/mol. The van der Waals surface area contributed by atoms with Gasteiger partial charge in [0.15, 0.2) is 0 Å². The van der Waals surface area contributed by atoms with Crippen molar-refractivity contribution in [2.45, 2.75) is 25.8 Å². The second kappa shape index (κ2) is 6.70. The van der Waals surface area contributed by atoms with E-state index in [1.54, 1.807) is 4.31 Å². The maximum atomic E-state index is 11.5. The number of piperazine rings is 1. The highest BCUT2D eigenvalue weighted by molar-refractivity contribution is 7.88. The molecule has 1 atom stereocenters. The lowest BCUT2D eigenvalue weighted by atomic mass is 10.0. The van der Waals surface area contributed by atoms with E-state index >= 15 is 0 Å². The summed E-state index contributed by atoms with van der Waals surface area (Å²) < 4.78 is 24.6. The fraction of sp³-hybridized carbons (Fsp3) is 0.600. The third kappa shape index (κ3) is 4.30. The quantitative estimate of drug-likeness (QED) is 0.842. The number of nitrogens with one attached hydrogen (secondary N) is 1. The van der Waals surface area contributed by atoms with Crippen molar-refractivity contribution in [3.05, 3.63) is 35.9 Å². The Morgan fingerprint density at radius 1 is 1.20 bits per heavy atom. The van der Waals surface area contributed by atoms with E-state index in [9.17, 15) is 8.42 Å². The summed E-state index contributed by atoms with van der Waals surface area (Å²) in [6, 6.07) is 11.1. The van der Waals surface area contributed by atoms with Crippen LogP contribution in [0.2, 0.25) is 0 Å². The predicted molar refractivity (Wildman–Crippen MR) is 81.3 cm³/mol. The third-order valence-electron chi connectivity index (χ3n) is 4.24. The standard InChI is InChI=1S/C15H24N2O2S/c1-14(8-9-15-6-4-3-5-7-15)16-10-12-17(13-11-16)20(2,18)19/h3-7,14H,8-13H2,1-2H3/p+1. The topological polar surface area (TPSA) is 41.8 Å². The van der Waals surface area contributed by atoms with Crippen LogP contribution in [0.3, 0.4) is 0 Å². The fourth-order valence-corrected chi connectivity index (χ4v) is 3.68. The SMILES string of the molecule is CC(CCc1ccccc1)[NH+]1CCN(S(C)(=O)=O)CC1. The molecule has 1 aliphatic rings. The zero-order valence-electron chi connectivity index (χ0n) is 12.4. The van der Waals surface area contributed by atoms with Crippen LogP contribution < -0.4 is 4.90 Å². The molecular formula is C15H25N2O2S+. The van der Waals surface area contributed by atoms with E-state index < -0.39 is 10.0 Å². The van der Waals surface area contributed by atoms with Gasteiger partial charge in [0.1, 0.15) is 0 Å². The van der Waals surface area contributed by atoms with Crippen molar-refractivity contribution in [1.82, 2.24) is 4.31 Å². The van der Waals surface area contributed by atoms with Gasteiger partial charge in [0.2, 0.25) is 10.0 Å². The van der Waals surface area contributed by atoms with Crippen molar-refractivity contribution < 1.29 is 13.3 Å². The molecule has 1 unspecified atom stereocenters. The molecule has 0 spiro atoms. The van der Waals surface area contributed by atoms with Crippen LogP contribution >= 0.6 is 0 Å². The number of hydrogen-bond acceptors (Lipinski definition) is 2. The molecule has 1 aromatic rings. The zero-order chi connectivity index (χ0) is 14.6. The van der Waals surface area contributed by atoms with Gasteiger partial charge in [0.25, 0.3) is 0 Å². The Hall–Kier alpha value is -0.910. The Bertz CT molecular complexity index is 508. The van der Waals surface area contributed by atoms with E-state index in [1.807, 2.05) is 6.07 Å². The highest BCUT2D eigenvalue weighted by Gasteiger charge is 2.28. The largest absolute Gasteiger partial charge is 0.331 e. The highest BCUT2D eigenvalue weighted by Crippen LogP contribution is 2.04. The molecule has 0 saturated carbocycles. The minimum Gasteiger partial charge on any atom is -0.331 e. The number of quaternary nitrogens is 1. The number of aryl methyl sites for hydroxylation is 1. The molecule has 2 rings (SSSR count). The lowest BCUT2D eigenvalue weighted by molar-refractivity contribution is -0.927. The summed E-state index contributed by atoms with van der Waals surface area (Å²) >= 11 is 0. The van der Waals surface area contributed by atoms with Gasteiger partial charge in [-0.2, -0.15) is 4.31 Å². The first kappa shape index (κ1) is 15.5. The predicted octanol–water partition coefficient (Wildman–Crippen LogP) is 0.168. The Labute approximate surface area is 122 Å².